The molecular formula is C70H118N2O56. The summed E-state index contributed by atoms with van der Waals surface area (Å²) in [4.78, 5) is 25.3. The van der Waals surface area contributed by atoms with Crippen LogP contribution in [0.5, 0.6) is 0 Å². The van der Waals surface area contributed by atoms with Gasteiger partial charge in [-0.3, -0.25) is 9.59 Å². The lowest BCUT2D eigenvalue weighted by Gasteiger charge is -2.51. The molecule has 1 unspecified atom stereocenters. The molecule has 0 spiro atoms. The summed E-state index contributed by atoms with van der Waals surface area (Å²) in [7, 11) is 0. The van der Waals surface area contributed by atoms with Gasteiger partial charge in [0.25, 0.3) is 0 Å². The second kappa shape index (κ2) is 45.8. The Bertz CT molecular complexity index is 3380. The number of aliphatic hydroxyl groups excluding tert-OH is 33. The molecule has 128 heavy (non-hydrogen) atoms. The molecule has 0 radical (unpaired) electrons. The molecule has 11 aliphatic rings. The number of amides is 2. The van der Waals surface area contributed by atoms with Crippen LogP contribution in [0.15, 0.2) is 0 Å². The van der Waals surface area contributed by atoms with Crippen molar-refractivity contribution < 1.29 is 278 Å². The summed E-state index contributed by atoms with van der Waals surface area (Å²) >= 11 is 0. The molecule has 0 aliphatic carbocycles. The average Bonchev–Trinajstić information content (AvgIpc) is 0.766. The van der Waals surface area contributed by atoms with Gasteiger partial charge in [-0.25, -0.2) is 0 Å². The van der Waals surface area contributed by atoms with Crippen molar-refractivity contribution >= 4 is 11.8 Å². The maximum atomic E-state index is 13.1. The number of carbonyl (C=O) groups excluding carboxylic acids is 2. The Morgan fingerprint density at radius 3 is 0.781 bits per heavy atom. The van der Waals surface area contributed by atoms with Gasteiger partial charge in [0.1, 0.15) is 268 Å². The molecule has 35 N–H and O–H groups in total. The Labute approximate surface area is 722 Å². The van der Waals surface area contributed by atoms with E-state index >= 15 is 0 Å². The van der Waals surface area contributed by atoms with E-state index in [-0.39, 0.29) is 0 Å². The van der Waals surface area contributed by atoms with Gasteiger partial charge in [-0.2, -0.15) is 0 Å². The van der Waals surface area contributed by atoms with E-state index in [1.807, 2.05) is 0 Å². The SMILES string of the molecule is CC(=O)N[C@H]1[C@H](O[C@H]2[C@H](O)[C@@H](NC(C)=O)C(O)O[C@@H]2CO)O[C@H](CO)[C@@H](O[C@@H]2O[C@H](CO[C@H]3O[C@H](CO[C@H]4O[C@H](CO)[C@@H](O)[C@H](O)[C@@H]4O)[C@@H](O)[C@H](O[C@H]4O[C@H](CO)[C@@H](O)[C@H](O)[C@@H]4O[C@H]4O[C@H](CO)[C@@H](O)[C@H](O)[C@@H]4O)[C@@H]3O)[C@@H](O)[C@H](O[C@H]3O[C@H](CO)[C@@H](O)[C@H](O)[C@@H]3O[C@H]3O[C@H](CO)[C@@H](O)[C@H](O)[C@@H]3O[C@H]3O[C@H](CO)[C@@H](O)[C@H](O[C@H]4O[C@H](CO)[C@@H](O)[C@H](O)[C@H]4O)[C@@H]3O)[C@@H]2O)[C@@H]1O. The van der Waals surface area contributed by atoms with Crippen molar-refractivity contribution in [2.75, 3.05) is 72.7 Å². The van der Waals surface area contributed by atoms with Crippen LogP contribution < -0.4 is 10.6 Å². The van der Waals surface area contributed by atoms with E-state index in [9.17, 15) is 178 Å². The van der Waals surface area contributed by atoms with Gasteiger partial charge in [-0.1, -0.05) is 0 Å². The Kier molecular flexibility index (Phi) is 37.7. The summed E-state index contributed by atoms with van der Waals surface area (Å²) in [5.74, 6) is -1.82. The molecule has 11 rings (SSSR count). The van der Waals surface area contributed by atoms with E-state index in [4.69, 9.17) is 99.5 Å². The zero-order chi connectivity index (χ0) is 94.0. The molecular weight excluding hydrogens is 1760 g/mol. The van der Waals surface area contributed by atoms with Gasteiger partial charge in [0.05, 0.1) is 72.7 Å². The van der Waals surface area contributed by atoms with Crippen LogP contribution in [0.4, 0.5) is 0 Å². The average molecular weight is 1880 g/mol. The predicted octanol–water partition coefficient (Wildman–Crippen LogP) is -24.7. The fraction of sp³-hybridized carbons (Fsp3) is 0.971. The molecule has 11 saturated heterocycles. The molecule has 11 fully saturated rings. The zero-order valence-electron chi connectivity index (χ0n) is 67.7. The number of hydrogen-bond donors (Lipinski definition) is 35. The minimum absolute atomic E-state index is 0.823. The minimum atomic E-state index is -2.70. The largest absolute Gasteiger partial charge is 0.394 e. The first-order valence-corrected chi connectivity index (χ1v) is 40.7. The second-order valence-electron chi connectivity index (χ2n) is 32.3. The lowest BCUT2D eigenvalue weighted by molar-refractivity contribution is -0.411. The third-order valence-corrected chi connectivity index (χ3v) is 23.8. The zero-order valence-corrected chi connectivity index (χ0v) is 67.7. The molecule has 0 aromatic heterocycles. The van der Waals surface area contributed by atoms with Crippen molar-refractivity contribution in [1.82, 2.24) is 10.6 Å². The maximum Gasteiger partial charge on any atom is 0.217 e. The summed E-state index contributed by atoms with van der Waals surface area (Å²) in [6.45, 7) is -10.8. The van der Waals surface area contributed by atoms with Crippen LogP contribution >= 0.6 is 0 Å². The first kappa shape index (κ1) is 105. The third-order valence-electron chi connectivity index (χ3n) is 23.8. The van der Waals surface area contributed by atoms with E-state index in [0.717, 1.165) is 13.8 Å². The van der Waals surface area contributed by atoms with E-state index in [1.54, 1.807) is 0 Å². The van der Waals surface area contributed by atoms with Gasteiger partial charge in [0.2, 0.25) is 11.8 Å². The van der Waals surface area contributed by atoms with Gasteiger partial charge in [0, 0.05) is 13.8 Å². The van der Waals surface area contributed by atoms with Crippen LogP contribution in [0.25, 0.3) is 0 Å². The van der Waals surface area contributed by atoms with E-state index in [2.05, 4.69) is 10.6 Å². The summed E-state index contributed by atoms with van der Waals surface area (Å²) in [6.07, 6.45) is -117. The fourth-order valence-electron chi connectivity index (χ4n) is 16.5. The molecule has 11 heterocycles. The Morgan fingerprint density at radius 1 is 0.203 bits per heavy atom. The summed E-state index contributed by atoms with van der Waals surface area (Å²) in [5.41, 5.74) is 0. The number of hydrogen-bond acceptors (Lipinski definition) is 56. The summed E-state index contributed by atoms with van der Waals surface area (Å²) in [5, 5.41) is 372. The predicted molar refractivity (Wildman–Crippen MR) is 386 cm³/mol. The van der Waals surface area contributed by atoms with Crippen molar-refractivity contribution in [3.05, 3.63) is 0 Å². The Morgan fingerprint density at radius 2 is 0.422 bits per heavy atom. The van der Waals surface area contributed by atoms with Crippen molar-refractivity contribution in [2.24, 2.45) is 0 Å². The van der Waals surface area contributed by atoms with Crippen molar-refractivity contribution in [3.8, 4) is 0 Å². The van der Waals surface area contributed by atoms with Crippen molar-refractivity contribution in [2.45, 2.75) is 351 Å². The Balaban J connectivity index is 0.942. The van der Waals surface area contributed by atoms with Gasteiger partial charge < -0.3 is 279 Å². The molecule has 0 aromatic carbocycles. The van der Waals surface area contributed by atoms with E-state index < -0.39 is 422 Å². The quantitative estimate of drug-likeness (QED) is 0.0290. The smallest absolute Gasteiger partial charge is 0.217 e. The molecule has 55 atom stereocenters. The highest BCUT2D eigenvalue weighted by molar-refractivity contribution is 5.73. The van der Waals surface area contributed by atoms with Gasteiger partial charge >= 0.3 is 0 Å². The fourth-order valence-corrected chi connectivity index (χ4v) is 16.5. The lowest BCUT2D eigenvalue weighted by atomic mass is 9.94. The first-order chi connectivity index (χ1) is 60.7. The molecule has 0 aromatic rings. The first-order valence-electron chi connectivity index (χ1n) is 40.7. The van der Waals surface area contributed by atoms with Crippen LogP contribution in [0, 0.1) is 0 Å². The minimum Gasteiger partial charge on any atom is -0.394 e. The molecule has 58 nitrogen and oxygen atoms in total. The highest BCUT2D eigenvalue weighted by atomic mass is 16.8. The third kappa shape index (κ3) is 22.5. The number of ether oxygens (including phenoxy) is 21. The van der Waals surface area contributed by atoms with Crippen LogP contribution in [-0.2, 0) is 109 Å². The molecule has 58 heteroatoms. The number of rotatable bonds is 33. The van der Waals surface area contributed by atoms with Crippen LogP contribution in [0.2, 0.25) is 0 Å². The van der Waals surface area contributed by atoms with Crippen LogP contribution in [0.3, 0.4) is 0 Å². The molecule has 744 valence electrons. The van der Waals surface area contributed by atoms with Crippen LogP contribution in [-0.4, -0.2) is 591 Å². The summed E-state index contributed by atoms with van der Waals surface area (Å²) in [6, 6.07) is -3.70. The number of aliphatic hydroxyl groups is 33. The van der Waals surface area contributed by atoms with E-state index in [1.165, 1.54) is 0 Å². The molecule has 2 amide bonds. The van der Waals surface area contributed by atoms with E-state index in [0.29, 0.717) is 0 Å². The molecule has 0 saturated carbocycles. The highest BCUT2D eigenvalue weighted by Crippen LogP contribution is 2.42. The molecule has 0 bridgehead atoms. The highest BCUT2D eigenvalue weighted by Gasteiger charge is 2.63. The maximum absolute atomic E-state index is 13.1. The second-order valence-corrected chi connectivity index (χ2v) is 32.3. The Hall–Kier alpha value is -3.22. The topological polar surface area (TPSA) is 920 Å². The van der Waals surface area contributed by atoms with Gasteiger partial charge in [-0.05, 0) is 0 Å². The monoisotopic (exact) mass is 1880 g/mol. The number of nitrogens with one attached hydrogen (secondary N) is 2. The standard InChI is InChI=1S/C70H118N2O56/c1-14(82)71-27-38(93)52(23(10-80)110-60(27)107)121-61-28(72-15(2)83)39(94)53(24(11-81)118-61)122-67-51(106)56(125-69-59(45(100)34(89)20(7-77)116-69)128-70-58(44(99)33(88)21(8-78)117-70)127-66-50(105)54(35(90)22(9-79)114-66)123-64-47(102)41(96)30(85)17(4-74)112-64)37(92)26(120-67)13-109-63-49(104)55(36(91)25(119-63)12-108-62-46(101)40(95)29(84)16(3-73)111-62)124-68-57(43(98)32(87)19(6-76)115-68)126-65-48(103)42(97)31(86)18(5-75)113-65/h16-70,73-81,84-107H,3-13H2,1-2H3,(H,71,82)(H,72,83)/t16-,17-,18-,19-,20-,21-,22-,23-,24-,25-,26-,27-,28-,29-,30-,31-,32-,33-,34-,35-,36-,37-,38-,39-,40+,41+,42+,43+,44+,45+,46+,47-,48+,49+,50+,51+,52-,53-,54+,55+,56+,57+,58+,59+,60?,61+,62+,63+,64-,65-,66-,67+,68-,69-,70-/m1/s1. The normalized spacial score (nSPS) is 51.7. The van der Waals surface area contributed by atoms with Crippen molar-refractivity contribution in [3.63, 3.8) is 0 Å². The van der Waals surface area contributed by atoms with Gasteiger partial charge in [0.15, 0.2) is 69.2 Å². The van der Waals surface area contributed by atoms with Crippen LogP contribution in [0.1, 0.15) is 13.8 Å². The summed E-state index contributed by atoms with van der Waals surface area (Å²) < 4.78 is 123. The van der Waals surface area contributed by atoms with Crippen molar-refractivity contribution in [1.29, 1.82) is 0 Å². The lowest BCUT2D eigenvalue weighted by Crippen LogP contribution is -2.70. The molecule has 11 aliphatic heterocycles. The number of carbonyl (C=O) groups is 2. The van der Waals surface area contributed by atoms with Gasteiger partial charge in [-0.15, -0.1) is 0 Å².